The standard InChI is InChI=1S/C13H17FN2O2S/c1-18-10-6-4-5-9(14)12(10)13(17)16-8-3-2-7-11(15)19/h4-6H,2-3,7-8H2,1H3,(H2,15,19)(H,16,17). The van der Waals surface area contributed by atoms with Crippen LogP contribution in [0.2, 0.25) is 0 Å². The van der Waals surface area contributed by atoms with Crippen LogP contribution in [-0.2, 0) is 0 Å². The summed E-state index contributed by atoms with van der Waals surface area (Å²) in [6, 6.07) is 4.27. The number of carbonyl (C=O) groups is 1. The average Bonchev–Trinajstić information content (AvgIpc) is 2.37. The van der Waals surface area contributed by atoms with Crippen LogP contribution in [0, 0.1) is 5.82 Å². The number of halogens is 1. The zero-order valence-electron chi connectivity index (χ0n) is 10.7. The molecule has 0 spiro atoms. The molecule has 104 valence electrons. The van der Waals surface area contributed by atoms with Gasteiger partial charge < -0.3 is 15.8 Å². The predicted octanol–water partition coefficient (Wildman–Crippen LogP) is 2.02. The molecule has 1 rings (SSSR count). The Kier molecular flexibility index (Phi) is 6.21. The number of nitrogens with two attached hydrogens (primary N) is 1. The predicted molar refractivity (Wildman–Crippen MR) is 75.9 cm³/mol. The van der Waals surface area contributed by atoms with Crippen molar-refractivity contribution in [3.63, 3.8) is 0 Å². The molecule has 0 aliphatic rings. The summed E-state index contributed by atoms with van der Waals surface area (Å²) in [5.41, 5.74) is 5.29. The van der Waals surface area contributed by atoms with Crippen molar-refractivity contribution in [3.8, 4) is 5.75 Å². The first kappa shape index (κ1) is 15.4. The van der Waals surface area contributed by atoms with E-state index in [4.69, 9.17) is 22.7 Å². The molecule has 0 heterocycles. The third-order valence-corrected chi connectivity index (χ3v) is 2.76. The lowest BCUT2D eigenvalue weighted by Crippen LogP contribution is -2.26. The van der Waals surface area contributed by atoms with Crippen LogP contribution < -0.4 is 15.8 Å². The van der Waals surface area contributed by atoms with Gasteiger partial charge in [-0.2, -0.15) is 0 Å². The molecule has 6 heteroatoms. The number of thiocarbonyl (C=S) groups is 1. The minimum absolute atomic E-state index is 0.0701. The number of nitrogens with one attached hydrogen (secondary N) is 1. The number of carbonyl (C=O) groups excluding carboxylic acids is 1. The Morgan fingerprint density at radius 3 is 2.84 bits per heavy atom. The Morgan fingerprint density at radius 1 is 1.47 bits per heavy atom. The van der Waals surface area contributed by atoms with Crippen molar-refractivity contribution >= 4 is 23.1 Å². The molecule has 19 heavy (non-hydrogen) atoms. The van der Waals surface area contributed by atoms with Gasteiger partial charge >= 0.3 is 0 Å². The monoisotopic (exact) mass is 284 g/mol. The molecule has 0 aliphatic carbocycles. The van der Waals surface area contributed by atoms with Crippen LogP contribution in [0.25, 0.3) is 0 Å². The normalized spacial score (nSPS) is 10.0. The smallest absolute Gasteiger partial charge is 0.258 e. The fourth-order valence-electron chi connectivity index (χ4n) is 1.61. The summed E-state index contributed by atoms with van der Waals surface area (Å²) in [6.07, 6.45) is 2.18. The lowest BCUT2D eigenvalue weighted by atomic mass is 10.1. The summed E-state index contributed by atoms with van der Waals surface area (Å²) in [5.74, 6) is -0.856. The maximum atomic E-state index is 13.6. The van der Waals surface area contributed by atoms with Crippen molar-refractivity contribution in [2.75, 3.05) is 13.7 Å². The summed E-state index contributed by atoms with van der Waals surface area (Å²) in [4.78, 5) is 12.3. The van der Waals surface area contributed by atoms with Crippen molar-refractivity contribution in [2.45, 2.75) is 19.3 Å². The molecule has 3 N–H and O–H groups in total. The number of hydrogen-bond donors (Lipinski definition) is 2. The molecule has 0 saturated carbocycles. The summed E-state index contributed by atoms with van der Waals surface area (Å²) in [6.45, 7) is 0.443. The summed E-state index contributed by atoms with van der Waals surface area (Å²) < 4.78 is 18.6. The average molecular weight is 284 g/mol. The van der Waals surface area contributed by atoms with Gasteiger partial charge in [0.15, 0.2) is 0 Å². The highest BCUT2D eigenvalue weighted by Gasteiger charge is 2.16. The maximum Gasteiger partial charge on any atom is 0.258 e. The van der Waals surface area contributed by atoms with Crippen LogP contribution in [-0.4, -0.2) is 24.6 Å². The molecule has 0 radical (unpaired) electrons. The fraction of sp³-hybridized carbons (Fsp3) is 0.385. The van der Waals surface area contributed by atoms with E-state index < -0.39 is 11.7 Å². The number of methoxy groups -OCH3 is 1. The molecule has 0 aromatic heterocycles. The van der Waals surface area contributed by atoms with Gasteiger partial charge in [-0.3, -0.25) is 4.79 Å². The van der Waals surface area contributed by atoms with Gasteiger partial charge in [-0.25, -0.2) is 4.39 Å². The van der Waals surface area contributed by atoms with Gasteiger partial charge in [0.05, 0.1) is 12.1 Å². The van der Waals surface area contributed by atoms with Crippen molar-refractivity contribution in [2.24, 2.45) is 5.73 Å². The van der Waals surface area contributed by atoms with Crippen molar-refractivity contribution < 1.29 is 13.9 Å². The number of unbranched alkanes of at least 4 members (excludes halogenated alkanes) is 1. The van der Waals surface area contributed by atoms with E-state index in [1.807, 2.05) is 0 Å². The van der Waals surface area contributed by atoms with E-state index in [1.54, 1.807) is 6.07 Å². The number of hydrogen-bond acceptors (Lipinski definition) is 3. The highest BCUT2D eigenvalue weighted by molar-refractivity contribution is 7.80. The highest BCUT2D eigenvalue weighted by atomic mass is 32.1. The van der Waals surface area contributed by atoms with E-state index in [9.17, 15) is 9.18 Å². The Morgan fingerprint density at radius 2 is 2.21 bits per heavy atom. The minimum Gasteiger partial charge on any atom is -0.496 e. The molecule has 4 nitrogen and oxygen atoms in total. The van der Waals surface area contributed by atoms with Crippen molar-refractivity contribution in [1.82, 2.24) is 5.32 Å². The fourth-order valence-corrected chi connectivity index (χ4v) is 1.75. The molecule has 1 amide bonds. The van der Waals surface area contributed by atoms with Gasteiger partial charge in [-0.1, -0.05) is 18.3 Å². The van der Waals surface area contributed by atoms with Crippen LogP contribution in [0.5, 0.6) is 5.75 Å². The first-order valence-electron chi connectivity index (χ1n) is 5.95. The van der Waals surface area contributed by atoms with E-state index >= 15 is 0 Å². The molecule has 0 saturated heterocycles. The molecule has 0 fully saturated rings. The van der Waals surface area contributed by atoms with E-state index in [0.717, 1.165) is 12.8 Å². The van der Waals surface area contributed by atoms with Gasteiger partial charge in [-0.05, 0) is 31.4 Å². The summed E-state index contributed by atoms with van der Waals surface area (Å²) in [5, 5.41) is 2.65. The summed E-state index contributed by atoms with van der Waals surface area (Å²) in [7, 11) is 1.40. The molecule has 1 aromatic carbocycles. The number of rotatable bonds is 7. The third kappa shape index (κ3) is 4.82. The Bertz CT molecular complexity index is 466. The lowest BCUT2D eigenvalue weighted by Gasteiger charge is -2.10. The first-order valence-corrected chi connectivity index (χ1v) is 6.36. The number of amides is 1. The quantitative estimate of drug-likeness (QED) is 0.594. The summed E-state index contributed by atoms with van der Waals surface area (Å²) >= 11 is 4.75. The van der Waals surface area contributed by atoms with E-state index in [0.29, 0.717) is 18.0 Å². The molecule has 1 aromatic rings. The van der Waals surface area contributed by atoms with Gasteiger partial charge in [0.1, 0.15) is 17.1 Å². The van der Waals surface area contributed by atoms with Crippen LogP contribution in [0.1, 0.15) is 29.6 Å². The van der Waals surface area contributed by atoms with Gasteiger partial charge in [-0.15, -0.1) is 0 Å². The van der Waals surface area contributed by atoms with E-state index in [-0.39, 0.29) is 11.3 Å². The zero-order valence-corrected chi connectivity index (χ0v) is 11.6. The molecule has 0 aliphatic heterocycles. The lowest BCUT2D eigenvalue weighted by molar-refractivity contribution is 0.0945. The van der Waals surface area contributed by atoms with Gasteiger partial charge in [0.25, 0.3) is 5.91 Å². The second kappa shape index (κ2) is 7.68. The van der Waals surface area contributed by atoms with Gasteiger partial charge in [0.2, 0.25) is 0 Å². The number of benzene rings is 1. The second-order valence-corrected chi connectivity index (χ2v) is 4.52. The number of ether oxygens (including phenoxy) is 1. The van der Waals surface area contributed by atoms with Gasteiger partial charge in [0, 0.05) is 6.54 Å². The Hall–Kier alpha value is -1.69. The molecular weight excluding hydrogens is 267 g/mol. The van der Waals surface area contributed by atoms with Crippen molar-refractivity contribution in [1.29, 1.82) is 0 Å². The van der Waals surface area contributed by atoms with E-state index in [2.05, 4.69) is 5.32 Å². The molecule has 0 unspecified atom stereocenters. The Balaban J connectivity index is 2.52. The first-order chi connectivity index (χ1) is 9.06. The van der Waals surface area contributed by atoms with Crippen LogP contribution in [0.15, 0.2) is 18.2 Å². The third-order valence-electron chi connectivity index (χ3n) is 2.56. The largest absolute Gasteiger partial charge is 0.496 e. The Labute approximate surface area is 117 Å². The topological polar surface area (TPSA) is 64.3 Å². The zero-order chi connectivity index (χ0) is 14.3. The minimum atomic E-state index is -0.597. The van der Waals surface area contributed by atoms with Crippen molar-refractivity contribution in [3.05, 3.63) is 29.6 Å². The SMILES string of the molecule is COc1cccc(F)c1C(=O)NCCCCC(N)=S. The molecular formula is C13H17FN2O2S. The van der Waals surface area contributed by atoms with E-state index in [1.165, 1.54) is 19.2 Å². The maximum absolute atomic E-state index is 13.6. The highest BCUT2D eigenvalue weighted by Crippen LogP contribution is 2.20. The van der Waals surface area contributed by atoms with Crippen LogP contribution in [0.3, 0.4) is 0 Å². The molecule has 0 atom stereocenters. The second-order valence-electron chi connectivity index (χ2n) is 4.00. The molecule has 0 bridgehead atoms. The van der Waals surface area contributed by atoms with Crippen LogP contribution >= 0.6 is 12.2 Å². The van der Waals surface area contributed by atoms with Crippen LogP contribution in [0.4, 0.5) is 4.39 Å².